The summed E-state index contributed by atoms with van der Waals surface area (Å²) in [5.41, 5.74) is -0.705. The van der Waals surface area contributed by atoms with Crippen molar-refractivity contribution in [2.45, 2.75) is 32.2 Å². The molecule has 0 spiro atoms. The van der Waals surface area contributed by atoms with Crippen molar-refractivity contribution in [1.29, 1.82) is 0 Å². The number of amides is 3. The minimum Gasteiger partial charge on any atom is -0.381 e. The van der Waals surface area contributed by atoms with E-state index in [1.807, 2.05) is 0 Å². The van der Waals surface area contributed by atoms with E-state index in [1.54, 1.807) is 20.9 Å². The second kappa shape index (κ2) is 4.29. The van der Waals surface area contributed by atoms with Crippen molar-refractivity contribution in [3.8, 4) is 0 Å². The average Bonchev–Trinajstić information content (AvgIpc) is 2.84. The number of nitrogens with zero attached hydrogens (tertiary/aromatic N) is 2. The van der Waals surface area contributed by atoms with E-state index in [1.165, 1.54) is 9.80 Å². The first-order valence-electron chi connectivity index (χ1n) is 6.12. The summed E-state index contributed by atoms with van der Waals surface area (Å²) in [6.45, 7) is 5.64. The van der Waals surface area contributed by atoms with Crippen LogP contribution < -0.4 is 0 Å². The number of carbonyl (C=O) groups is 2. The number of imide groups is 1. The molecule has 0 aromatic rings. The van der Waals surface area contributed by atoms with Gasteiger partial charge in [0.05, 0.1) is 0 Å². The van der Waals surface area contributed by atoms with Crippen LogP contribution in [0.2, 0.25) is 0 Å². The van der Waals surface area contributed by atoms with Crippen LogP contribution in [0.3, 0.4) is 0 Å². The summed E-state index contributed by atoms with van der Waals surface area (Å²) < 4.78 is 5.29. The van der Waals surface area contributed by atoms with Crippen LogP contribution >= 0.6 is 0 Å². The van der Waals surface area contributed by atoms with Crippen molar-refractivity contribution in [2.75, 3.05) is 26.8 Å². The molecule has 3 amide bonds. The fraction of sp³-hybridized carbons (Fsp3) is 0.833. The average molecular weight is 240 g/mol. The molecule has 96 valence electrons. The molecule has 2 fully saturated rings. The van der Waals surface area contributed by atoms with Crippen molar-refractivity contribution in [3.05, 3.63) is 0 Å². The van der Waals surface area contributed by atoms with Gasteiger partial charge in [0, 0.05) is 26.8 Å². The molecule has 1 unspecified atom stereocenters. The predicted molar refractivity (Wildman–Crippen MR) is 62.5 cm³/mol. The fourth-order valence-electron chi connectivity index (χ4n) is 2.30. The molecule has 0 bridgehead atoms. The Morgan fingerprint density at radius 1 is 1.41 bits per heavy atom. The molecule has 0 N–H and O–H groups in total. The fourth-order valence-corrected chi connectivity index (χ4v) is 2.30. The molecule has 0 aliphatic carbocycles. The molecule has 1 atom stereocenters. The molecule has 2 aliphatic rings. The highest BCUT2D eigenvalue weighted by Crippen LogP contribution is 2.27. The molecule has 0 aromatic heterocycles. The summed E-state index contributed by atoms with van der Waals surface area (Å²) in [5, 5.41) is 0. The molecule has 2 heterocycles. The Kier molecular flexibility index (Phi) is 3.12. The van der Waals surface area contributed by atoms with Crippen LogP contribution in [0.15, 0.2) is 0 Å². The van der Waals surface area contributed by atoms with Crippen LogP contribution in [0, 0.1) is 5.92 Å². The summed E-state index contributed by atoms with van der Waals surface area (Å²) >= 11 is 0. The van der Waals surface area contributed by atoms with Crippen LogP contribution in [-0.4, -0.2) is 54.1 Å². The van der Waals surface area contributed by atoms with Crippen LogP contribution in [0.25, 0.3) is 0 Å². The molecule has 0 radical (unpaired) electrons. The van der Waals surface area contributed by atoms with Crippen LogP contribution in [0.4, 0.5) is 4.79 Å². The Labute approximate surface area is 102 Å². The van der Waals surface area contributed by atoms with E-state index in [2.05, 4.69) is 0 Å². The first-order valence-corrected chi connectivity index (χ1v) is 6.12. The second-order valence-electron chi connectivity index (χ2n) is 5.38. The van der Waals surface area contributed by atoms with E-state index >= 15 is 0 Å². The lowest BCUT2D eigenvalue weighted by Gasteiger charge is -2.22. The Morgan fingerprint density at radius 2 is 2.12 bits per heavy atom. The summed E-state index contributed by atoms with van der Waals surface area (Å²) in [6, 6.07) is -0.182. The summed E-state index contributed by atoms with van der Waals surface area (Å²) in [7, 11) is 1.68. The van der Waals surface area contributed by atoms with E-state index in [0.717, 1.165) is 26.1 Å². The smallest absolute Gasteiger partial charge is 0.327 e. The number of hydrogen-bond acceptors (Lipinski definition) is 3. The summed E-state index contributed by atoms with van der Waals surface area (Å²) in [6.07, 6.45) is 1.89. The highest BCUT2D eigenvalue weighted by molar-refractivity contribution is 6.06. The van der Waals surface area contributed by atoms with Gasteiger partial charge in [-0.05, 0) is 32.6 Å². The van der Waals surface area contributed by atoms with Gasteiger partial charge in [-0.2, -0.15) is 0 Å². The molecular formula is C12H20N2O3. The number of hydrogen-bond donors (Lipinski definition) is 0. The number of ether oxygens (including phenoxy) is 1. The Balaban J connectivity index is 1.96. The van der Waals surface area contributed by atoms with E-state index in [0.29, 0.717) is 12.5 Å². The first-order chi connectivity index (χ1) is 7.94. The van der Waals surface area contributed by atoms with Gasteiger partial charge in [0.15, 0.2) is 0 Å². The third-order valence-corrected chi connectivity index (χ3v) is 3.91. The van der Waals surface area contributed by atoms with Crippen molar-refractivity contribution >= 4 is 11.9 Å². The summed E-state index contributed by atoms with van der Waals surface area (Å²) in [5.74, 6) is 0.397. The van der Waals surface area contributed by atoms with E-state index in [4.69, 9.17) is 4.74 Å². The molecule has 17 heavy (non-hydrogen) atoms. The zero-order chi connectivity index (χ0) is 12.6. The molecule has 2 rings (SSSR count). The van der Waals surface area contributed by atoms with Crippen molar-refractivity contribution < 1.29 is 14.3 Å². The first kappa shape index (κ1) is 12.4. The maximum absolute atomic E-state index is 12.1. The standard InChI is InChI=1S/C12H20N2O3/c1-12(2)10(15)14(11(16)13(12)3)6-4-9-5-7-17-8-9/h9H,4-8H2,1-3H3. The van der Waals surface area contributed by atoms with E-state index in [-0.39, 0.29) is 11.9 Å². The zero-order valence-electron chi connectivity index (χ0n) is 10.7. The molecular weight excluding hydrogens is 220 g/mol. The number of rotatable bonds is 3. The lowest BCUT2D eigenvalue weighted by Crippen LogP contribution is -2.41. The minimum absolute atomic E-state index is 0.0936. The maximum Gasteiger partial charge on any atom is 0.327 e. The molecule has 5 heteroatoms. The van der Waals surface area contributed by atoms with Crippen LogP contribution in [0.1, 0.15) is 26.7 Å². The molecule has 2 saturated heterocycles. The zero-order valence-corrected chi connectivity index (χ0v) is 10.7. The van der Waals surface area contributed by atoms with Gasteiger partial charge >= 0.3 is 6.03 Å². The Bertz CT molecular complexity index is 335. The minimum atomic E-state index is -0.705. The monoisotopic (exact) mass is 240 g/mol. The largest absolute Gasteiger partial charge is 0.381 e. The third kappa shape index (κ3) is 2.04. The van der Waals surface area contributed by atoms with Gasteiger partial charge in [-0.1, -0.05) is 0 Å². The second-order valence-corrected chi connectivity index (χ2v) is 5.38. The van der Waals surface area contributed by atoms with E-state index < -0.39 is 5.54 Å². The SMILES string of the molecule is CN1C(=O)N(CCC2CCOC2)C(=O)C1(C)C. The highest BCUT2D eigenvalue weighted by atomic mass is 16.5. The number of likely N-dealkylation sites (N-methyl/N-ethyl adjacent to an activating group) is 1. The van der Waals surface area contributed by atoms with Gasteiger partial charge in [-0.15, -0.1) is 0 Å². The lowest BCUT2D eigenvalue weighted by molar-refractivity contribution is -0.131. The topological polar surface area (TPSA) is 49.9 Å². The molecule has 2 aliphatic heterocycles. The predicted octanol–water partition coefficient (Wildman–Crippen LogP) is 1.09. The van der Waals surface area contributed by atoms with Gasteiger partial charge in [0.2, 0.25) is 0 Å². The lowest BCUT2D eigenvalue weighted by atomic mass is 10.0. The van der Waals surface area contributed by atoms with Crippen LogP contribution in [0.5, 0.6) is 0 Å². The quantitative estimate of drug-likeness (QED) is 0.694. The molecule has 0 saturated carbocycles. The Morgan fingerprint density at radius 3 is 2.59 bits per heavy atom. The maximum atomic E-state index is 12.1. The van der Waals surface area contributed by atoms with Gasteiger partial charge in [-0.25, -0.2) is 4.79 Å². The van der Waals surface area contributed by atoms with Gasteiger partial charge in [0.1, 0.15) is 5.54 Å². The van der Waals surface area contributed by atoms with Crippen LogP contribution in [-0.2, 0) is 9.53 Å². The highest BCUT2D eigenvalue weighted by Gasteiger charge is 2.48. The van der Waals surface area contributed by atoms with E-state index in [9.17, 15) is 9.59 Å². The van der Waals surface area contributed by atoms with Gasteiger partial charge < -0.3 is 9.64 Å². The van der Waals surface area contributed by atoms with Crippen molar-refractivity contribution in [2.24, 2.45) is 5.92 Å². The van der Waals surface area contributed by atoms with Crippen molar-refractivity contribution in [1.82, 2.24) is 9.80 Å². The van der Waals surface area contributed by atoms with Gasteiger partial charge in [-0.3, -0.25) is 9.69 Å². The van der Waals surface area contributed by atoms with Gasteiger partial charge in [0.25, 0.3) is 5.91 Å². The summed E-state index contributed by atoms with van der Waals surface area (Å²) in [4.78, 5) is 26.9. The Hall–Kier alpha value is -1.10. The molecule has 0 aromatic carbocycles. The third-order valence-electron chi connectivity index (χ3n) is 3.91. The van der Waals surface area contributed by atoms with Crippen molar-refractivity contribution in [3.63, 3.8) is 0 Å². The number of urea groups is 1. The number of carbonyl (C=O) groups excluding carboxylic acids is 2. The molecule has 5 nitrogen and oxygen atoms in total. The normalized spacial score (nSPS) is 28.3.